The fourth-order valence-corrected chi connectivity index (χ4v) is 1.94. The lowest BCUT2D eigenvalue weighted by Gasteiger charge is -2.30. The third kappa shape index (κ3) is 2.00. The first-order valence-electron chi connectivity index (χ1n) is 4.71. The highest BCUT2D eigenvalue weighted by molar-refractivity contribution is 5.79. The minimum Gasteiger partial charge on any atom is -0.480 e. The molecule has 1 aliphatic carbocycles. The van der Waals surface area contributed by atoms with Crippen LogP contribution in [0.5, 0.6) is 0 Å². The molecule has 0 radical (unpaired) electrons. The fraction of sp³-hybridized carbons (Fsp3) is 0.364. The predicted octanol–water partition coefficient (Wildman–Crippen LogP) is 0.133. The highest BCUT2D eigenvalue weighted by Crippen LogP contribution is 2.26. The van der Waals surface area contributed by atoms with E-state index in [1.165, 1.54) is 5.56 Å². The van der Waals surface area contributed by atoms with Gasteiger partial charge in [-0.1, -0.05) is 24.3 Å². The number of benzene rings is 1. The number of hydrogen-bond acceptors (Lipinski definition) is 2. The average molecular weight is 209 g/mol. The number of aryl methyl sites for hydroxylation is 1. The van der Waals surface area contributed by atoms with Gasteiger partial charge in [-0.25, -0.2) is 0 Å². The van der Waals surface area contributed by atoms with Crippen LogP contribution in [0.1, 0.15) is 17.5 Å². The van der Waals surface area contributed by atoms with Gasteiger partial charge in [0.25, 0.3) is 0 Å². The monoisotopic (exact) mass is 209 g/mol. The lowest BCUT2D eigenvalue weighted by molar-refractivity contribution is -0.143. The largest absolute Gasteiger partial charge is 0.480 e. The highest BCUT2D eigenvalue weighted by atomic mass is 16.4. The lowest BCUT2D eigenvalue weighted by atomic mass is 9.79. The van der Waals surface area contributed by atoms with Crippen molar-refractivity contribution in [3.05, 3.63) is 35.4 Å². The number of fused-ring (bicyclic) bond motifs is 1. The first-order chi connectivity index (χ1) is 6.62. The number of carboxylic acid groups (broad SMARTS) is 1. The number of carboxylic acids is 1. The molecule has 0 saturated heterocycles. The Bertz CT molecular complexity index is 378. The summed E-state index contributed by atoms with van der Waals surface area (Å²) in [5.41, 5.74) is 7.06. The molecule has 4 nitrogen and oxygen atoms in total. The molecule has 0 heterocycles. The molecule has 15 heavy (non-hydrogen) atoms. The van der Waals surface area contributed by atoms with E-state index in [9.17, 15) is 4.79 Å². The molecule has 0 spiro atoms. The van der Waals surface area contributed by atoms with Crippen molar-refractivity contribution in [2.24, 2.45) is 5.73 Å². The lowest BCUT2D eigenvalue weighted by Crippen LogP contribution is -2.52. The van der Waals surface area contributed by atoms with Crippen molar-refractivity contribution in [1.29, 1.82) is 0 Å². The van der Waals surface area contributed by atoms with Gasteiger partial charge in [0, 0.05) is 6.42 Å². The number of aliphatic carboxylic acids is 1. The SMILES string of the molecule is NC1(C(=O)O)CCc2ccccc2C1.O. The van der Waals surface area contributed by atoms with Crippen LogP contribution >= 0.6 is 0 Å². The van der Waals surface area contributed by atoms with Crippen LogP contribution in [0, 0.1) is 0 Å². The van der Waals surface area contributed by atoms with E-state index in [1.54, 1.807) is 0 Å². The van der Waals surface area contributed by atoms with Crippen LogP contribution in [-0.4, -0.2) is 22.1 Å². The van der Waals surface area contributed by atoms with Crippen LogP contribution < -0.4 is 5.73 Å². The van der Waals surface area contributed by atoms with Gasteiger partial charge >= 0.3 is 5.97 Å². The smallest absolute Gasteiger partial charge is 0.324 e. The third-order valence-electron chi connectivity index (χ3n) is 2.89. The number of rotatable bonds is 1. The second-order valence-corrected chi connectivity index (χ2v) is 3.91. The molecule has 0 bridgehead atoms. The van der Waals surface area contributed by atoms with E-state index in [0.717, 1.165) is 12.0 Å². The summed E-state index contributed by atoms with van der Waals surface area (Å²) in [5.74, 6) is -0.896. The molecule has 0 saturated carbocycles. The second-order valence-electron chi connectivity index (χ2n) is 3.91. The Kier molecular flexibility index (Phi) is 3.12. The molecule has 0 aliphatic heterocycles. The molecule has 1 atom stereocenters. The quantitative estimate of drug-likeness (QED) is 0.688. The van der Waals surface area contributed by atoms with Crippen LogP contribution in [0.25, 0.3) is 0 Å². The van der Waals surface area contributed by atoms with E-state index in [-0.39, 0.29) is 5.48 Å². The summed E-state index contributed by atoms with van der Waals surface area (Å²) in [5, 5.41) is 9.00. The summed E-state index contributed by atoms with van der Waals surface area (Å²) >= 11 is 0. The third-order valence-corrected chi connectivity index (χ3v) is 2.89. The van der Waals surface area contributed by atoms with Crippen molar-refractivity contribution in [3.8, 4) is 0 Å². The zero-order chi connectivity index (χ0) is 10.2. The topological polar surface area (TPSA) is 94.8 Å². The van der Waals surface area contributed by atoms with E-state index in [4.69, 9.17) is 10.8 Å². The Labute approximate surface area is 88.0 Å². The molecular formula is C11H15NO3. The Balaban J connectivity index is 0.00000112. The van der Waals surface area contributed by atoms with E-state index >= 15 is 0 Å². The maximum absolute atomic E-state index is 11.0. The van der Waals surface area contributed by atoms with E-state index in [1.807, 2.05) is 24.3 Å². The molecule has 1 aromatic carbocycles. The van der Waals surface area contributed by atoms with Gasteiger partial charge in [-0.3, -0.25) is 4.79 Å². The molecule has 0 amide bonds. The molecule has 5 N–H and O–H groups in total. The van der Waals surface area contributed by atoms with E-state index < -0.39 is 11.5 Å². The van der Waals surface area contributed by atoms with Gasteiger partial charge in [0.2, 0.25) is 0 Å². The normalized spacial score (nSPS) is 23.8. The maximum atomic E-state index is 11.0. The molecule has 1 unspecified atom stereocenters. The minimum atomic E-state index is -1.06. The van der Waals surface area contributed by atoms with Crippen LogP contribution in [-0.2, 0) is 17.6 Å². The average Bonchev–Trinajstić information content (AvgIpc) is 2.17. The van der Waals surface area contributed by atoms with Gasteiger partial charge in [-0.05, 0) is 24.0 Å². The van der Waals surface area contributed by atoms with Crippen LogP contribution in [0.4, 0.5) is 0 Å². The fourth-order valence-electron chi connectivity index (χ4n) is 1.94. The summed E-state index contributed by atoms with van der Waals surface area (Å²) < 4.78 is 0. The summed E-state index contributed by atoms with van der Waals surface area (Å²) in [6.07, 6.45) is 1.73. The summed E-state index contributed by atoms with van der Waals surface area (Å²) in [7, 11) is 0. The Morgan fingerprint density at radius 2 is 1.93 bits per heavy atom. The Morgan fingerprint density at radius 1 is 1.33 bits per heavy atom. The molecule has 4 heteroatoms. The van der Waals surface area contributed by atoms with Crippen molar-refractivity contribution in [2.75, 3.05) is 0 Å². The van der Waals surface area contributed by atoms with Crippen LogP contribution in [0.3, 0.4) is 0 Å². The summed E-state index contributed by atoms with van der Waals surface area (Å²) in [6.45, 7) is 0. The second kappa shape index (κ2) is 4.00. The van der Waals surface area contributed by atoms with Gasteiger partial charge in [0.1, 0.15) is 5.54 Å². The molecule has 2 rings (SSSR count). The highest BCUT2D eigenvalue weighted by Gasteiger charge is 2.37. The molecule has 0 fully saturated rings. The van der Waals surface area contributed by atoms with Crippen molar-refractivity contribution in [2.45, 2.75) is 24.8 Å². The molecule has 0 aromatic heterocycles. The van der Waals surface area contributed by atoms with Crippen LogP contribution in [0.15, 0.2) is 24.3 Å². The number of carbonyl (C=O) groups is 1. The number of hydrogen-bond donors (Lipinski definition) is 2. The van der Waals surface area contributed by atoms with Crippen LogP contribution in [0.2, 0.25) is 0 Å². The molecule has 82 valence electrons. The van der Waals surface area contributed by atoms with Crippen molar-refractivity contribution < 1.29 is 15.4 Å². The summed E-state index contributed by atoms with van der Waals surface area (Å²) in [4.78, 5) is 11.0. The van der Waals surface area contributed by atoms with Crippen molar-refractivity contribution in [1.82, 2.24) is 0 Å². The van der Waals surface area contributed by atoms with Gasteiger partial charge in [0.05, 0.1) is 0 Å². The van der Waals surface area contributed by atoms with E-state index in [2.05, 4.69) is 0 Å². The Morgan fingerprint density at radius 3 is 2.53 bits per heavy atom. The Hall–Kier alpha value is -1.39. The number of nitrogens with two attached hydrogens (primary N) is 1. The zero-order valence-corrected chi connectivity index (χ0v) is 8.36. The minimum absolute atomic E-state index is 0. The van der Waals surface area contributed by atoms with Crippen molar-refractivity contribution >= 4 is 5.97 Å². The predicted molar refractivity (Wildman–Crippen MR) is 56.6 cm³/mol. The van der Waals surface area contributed by atoms with Crippen molar-refractivity contribution in [3.63, 3.8) is 0 Å². The first kappa shape index (κ1) is 11.7. The van der Waals surface area contributed by atoms with Gasteiger partial charge in [-0.15, -0.1) is 0 Å². The summed E-state index contributed by atoms with van der Waals surface area (Å²) in [6, 6.07) is 7.89. The maximum Gasteiger partial charge on any atom is 0.324 e. The van der Waals surface area contributed by atoms with Gasteiger partial charge in [-0.2, -0.15) is 0 Å². The van der Waals surface area contributed by atoms with E-state index in [0.29, 0.717) is 12.8 Å². The molecule has 1 aromatic rings. The molecular weight excluding hydrogens is 194 g/mol. The first-order valence-corrected chi connectivity index (χ1v) is 4.71. The molecule has 1 aliphatic rings. The standard InChI is InChI=1S/C11H13NO2.H2O/c12-11(10(13)14)6-5-8-3-1-2-4-9(8)7-11;/h1-4H,5-7,12H2,(H,13,14);1H2. The zero-order valence-electron chi connectivity index (χ0n) is 8.36. The van der Waals surface area contributed by atoms with Gasteiger partial charge in [0.15, 0.2) is 0 Å². The van der Waals surface area contributed by atoms with Gasteiger partial charge < -0.3 is 16.3 Å².